The van der Waals surface area contributed by atoms with Crippen LogP contribution < -0.4 is 9.80 Å². The van der Waals surface area contributed by atoms with Crippen molar-refractivity contribution in [2.24, 2.45) is 0 Å². The van der Waals surface area contributed by atoms with Gasteiger partial charge in [0.2, 0.25) is 0 Å². The number of para-hydroxylation sites is 2. The summed E-state index contributed by atoms with van der Waals surface area (Å²) in [6.07, 6.45) is 0. The molecular formula is C66H44N4S2. The highest BCUT2D eigenvalue weighted by Crippen LogP contribution is 2.43. The van der Waals surface area contributed by atoms with Gasteiger partial charge in [0, 0.05) is 45.3 Å². The Morgan fingerprint density at radius 2 is 0.597 bits per heavy atom. The highest BCUT2D eigenvalue weighted by atomic mass is 32.1. The lowest BCUT2D eigenvalue weighted by molar-refractivity contribution is 1.28. The predicted molar refractivity (Wildman–Crippen MR) is 307 cm³/mol. The highest BCUT2D eigenvalue weighted by molar-refractivity contribution is 7.22. The second kappa shape index (κ2) is 18.8. The number of nitrogens with zero attached hydrogens (tertiary/aromatic N) is 4. The van der Waals surface area contributed by atoms with Crippen molar-refractivity contribution in [1.82, 2.24) is 9.97 Å². The largest absolute Gasteiger partial charge is 0.310 e. The maximum atomic E-state index is 5.03. The van der Waals surface area contributed by atoms with Gasteiger partial charge in [-0.1, -0.05) is 152 Å². The molecule has 4 nitrogen and oxygen atoms in total. The van der Waals surface area contributed by atoms with E-state index in [2.05, 4.69) is 271 Å². The Morgan fingerprint density at radius 1 is 0.236 bits per heavy atom. The van der Waals surface area contributed by atoms with Crippen LogP contribution in [0.4, 0.5) is 34.1 Å². The molecule has 0 fully saturated rings. The summed E-state index contributed by atoms with van der Waals surface area (Å²) >= 11 is 3.46. The Hall–Kier alpha value is -8.94. The molecule has 0 saturated carbocycles. The predicted octanol–water partition coefficient (Wildman–Crippen LogP) is 19.3. The number of fused-ring (bicyclic) bond motifs is 3. The number of rotatable bonds is 11. The lowest BCUT2D eigenvalue weighted by Gasteiger charge is -2.27. The van der Waals surface area contributed by atoms with Crippen LogP contribution in [0.3, 0.4) is 0 Å². The third-order valence-electron chi connectivity index (χ3n) is 13.3. The third kappa shape index (κ3) is 8.49. The van der Waals surface area contributed by atoms with Gasteiger partial charge in [0.25, 0.3) is 0 Å². The van der Waals surface area contributed by atoms with E-state index >= 15 is 0 Å². The van der Waals surface area contributed by atoms with Crippen LogP contribution in [0.5, 0.6) is 0 Å². The Kier molecular flexibility index (Phi) is 11.2. The van der Waals surface area contributed by atoms with Gasteiger partial charge in [0.1, 0.15) is 10.0 Å². The molecule has 0 spiro atoms. The summed E-state index contributed by atoms with van der Waals surface area (Å²) in [4.78, 5) is 14.7. The molecule has 0 aliphatic carbocycles. The monoisotopic (exact) mass is 956 g/mol. The van der Waals surface area contributed by atoms with Crippen LogP contribution in [0.2, 0.25) is 0 Å². The fourth-order valence-electron chi connectivity index (χ4n) is 9.70. The molecule has 0 amide bonds. The molecule has 11 aromatic carbocycles. The van der Waals surface area contributed by atoms with E-state index in [9.17, 15) is 0 Å². The fourth-order valence-corrected chi connectivity index (χ4v) is 11.6. The topological polar surface area (TPSA) is 32.3 Å². The Balaban J connectivity index is 0.871. The summed E-state index contributed by atoms with van der Waals surface area (Å²) in [5.74, 6) is 0. The molecule has 0 bridgehead atoms. The Labute approximate surface area is 426 Å². The molecule has 0 unspecified atom stereocenters. The summed E-state index contributed by atoms with van der Waals surface area (Å²) in [5.41, 5.74) is 17.7. The van der Waals surface area contributed by atoms with Crippen molar-refractivity contribution in [3.8, 4) is 54.5 Å². The first-order valence-corrected chi connectivity index (χ1v) is 25.7. The van der Waals surface area contributed by atoms with E-state index < -0.39 is 0 Å². The summed E-state index contributed by atoms with van der Waals surface area (Å²) < 4.78 is 2.38. The van der Waals surface area contributed by atoms with E-state index in [1.165, 1.54) is 25.9 Å². The summed E-state index contributed by atoms with van der Waals surface area (Å²) in [6, 6.07) is 95.8. The minimum Gasteiger partial charge on any atom is -0.310 e. The molecule has 340 valence electrons. The van der Waals surface area contributed by atoms with Gasteiger partial charge in [-0.25, -0.2) is 9.97 Å². The summed E-state index contributed by atoms with van der Waals surface area (Å²) in [7, 11) is 0. The van der Waals surface area contributed by atoms with Gasteiger partial charge in [-0.2, -0.15) is 0 Å². The minimum atomic E-state index is 1.01. The van der Waals surface area contributed by atoms with E-state index in [0.29, 0.717) is 0 Å². The molecule has 2 aromatic heterocycles. The van der Waals surface area contributed by atoms with Gasteiger partial charge < -0.3 is 9.80 Å². The van der Waals surface area contributed by atoms with Gasteiger partial charge >= 0.3 is 0 Å². The van der Waals surface area contributed by atoms with E-state index in [1.807, 2.05) is 6.07 Å². The Morgan fingerprint density at radius 3 is 1.14 bits per heavy atom. The van der Waals surface area contributed by atoms with Crippen molar-refractivity contribution in [2.45, 2.75) is 0 Å². The van der Waals surface area contributed by atoms with Gasteiger partial charge in [-0.3, -0.25) is 0 Å². The molecular weight excluding hydrogens is 913 g/mol. The van der Waals surface area contributed by atoms with E-state index in [0.717, 1.165) is 93.9 Å². The standard InChI is InChI=1S/C66H44N4S2/c1-3-15-45(16-4-1)48-19-11-23-56(40-48)69(55-36-33-47(34-37-55)65-67-61-27-7-9-29-63(61)71-65)57-24-13-21-50(42-57)51-31-32-53-43-60(38-35-52(53)39-51)70(58-25-12-20-49(41-58)46-17-5-2-6-18-46)59-26-14-22-54(44-59)66-68-62-28-8-10-30-64(62)72-66/h1-44H. The lowest BCUT2D eigenvalue weighted by atomic mass is 9.99. The maximum absolute atomic E-state index is 5.03. The average molecular weight is 957 g/mol. The zero-order chi connectivity index (χ0) is 47.8. The van der Waals surface area contributed by atoms with E-state index in [-0.39, 0.29) is 0 Å². The number of hydrogen-bond donors (Lipinski definition) is 0. The lowest BCUT2D eigenvalue weighted by Crippen LogP contribution is -2.10. The van der Waals surface area contributed by atoms with E-state index in [4.69, 9.17) is 9.97 Å². The van der Waals surface area contributed by atoms with Crippen LogP contribution in [0.15, 0.2) is 267 Å². The second-order valence-corrected chi connectivity index (χ2v) is 19.9. The molecule has 6 heteroatoms. The second-order valence-electron chi connectivity index (χ2n) is 17.9. The van der Waals surface area contributed by atoms with Crippen LogP contribution in [0.25, 0.3) is 85.7 Å². The zero-order valence-corrected chi connectivity index (χ0v) is 40.6. The maximum Gasteiger partial charge on any atom is 0.124 e. The van der Waals surface area contributed by atoms with Crippen LogP contribution in [0, 0.1) is 0 Å². The highest BCUT2D eigenvalue weighted by Gasteiger charge is 2.19. The number of thiazole rings is 2. The SMILES string of the molecule is c1ccc(-c2cccc(N(c3ccc(-c4nc5ccccc5s4)cc3)c3cccc(-c4ccc5cc(N(c6cccc(-c7ccccc7)c6)c6cccc(-c7nc8ccccc8s7)c6)ccc5c4)c3)c2)cc1. The summed E-state index contributed by atoms with van der Waals surface area (Å²) in [6.45, 7) is 0. The molecule has 13 aromatic rings. The molecule has 0 atom stereocenters. The average Bonchev–Trinajstić information content (AvgIpc) is 4.10. The van der Waals surface area contributed by atoms with Crippen molar-refractivity contribution in [1.29, 1.82) is 0 Å². The third-order valence-corrected chi connectivity index (χ3v) is 15.4. The normalized spacial score (nSPS) is 11.3. The van der Waals surface area contributed by atoms with Crippen LogP contribution in [0.1, 0.15) is 0 Å². The minimum absolute atomic E-state index is 1.01. The number of benzene rings is 11. The molecule has 0 aliphatic heterocycles. The van der Waals surface area contributed by atoms with Crippen molar-refractivity contribution < 1.29 is 0 Å². The van der Waals surface area contributed by atoms with Crippen molar-refractivity contribution >= 4 is 88.0 Å². The van der Waals surface area contributed by atoms with Gasteiger partial charge in [0.05, 0.1) is 20.4 Å². The summed E-state index contributed by atoms with van der Waals surface area (Å²) in [5, 5.41) is 4.35. The molecule has 0 radical (unpaired) electrons. The number of hydrogen-bond acceptors (Lipinski definition) is 6. The molecule has 0 aliphatic rings. The van der Waals surface area contributed by atoms with E-state index in [1.54, 1.807) is 22.7 Å². The van der Waals surface area contributed by atoms with Crippen LogP contribution in [-0.4, -0.2) is 9.97 Å². The molecule has 2 heterocycles. The first-order valence-electron chi connectivity index (χ1n) is 24.1. The number of aromatic nitrogens is 2. The molecule has 0 saturated heterocycles. The number of anilines is 6. The zero-order valence-electron chi connectivity index (χ0n) is 39.0. The van der Waals surface area contributed by atoms with Gasteiger partial charge in [-0.05, 0) is 159 Å². The van der Waals surface area contributed by atoms with Gasteiger partial charge in [-0.15, -0.1) is 22.7 Å². The van der Waals surface area contributed by atoms with Gasteiger partial charge in [0.15, 0.2) is 0 Å². The molecule has 72 heavy (non-hydrogen) atoms. The van der Waals surface area contributed by atoms with Crippen molar-refractivity contribution in [3.05, 3.63) is 267 Å². The van der Waals surface area contributed by atoms with Crippen LogP contribution >= 0.6 is 22.7 Å². The van der Waals surface area contributed by atoms with Crippen molar-refractivity contribution in [2.75, 3.05) is 9.80 Å². The molecule has 13 rings (SSSR count). The Bertz CT molecular complexity index is 4000. The van der Waals surface area contributed by atoms with Crippen molar-refractivity contribution in [3.63, 3.8) is 0 Å². The fraction of sp³-hybridized carbons (Fsp3) is 0. The first-order chi connectivity index (χ1) is 35.6. The van der Waals surface area contributed by atoms with Crippen LogP contribution in [-0.2, 0) is 0 Å². The smallest absolute Gasteiger partial charge is 0.124 e. The molecule has 0 N–H and O–H groups in total. The first kappa shape index (κ1) is 43.1. The quantitative estimate of drug-likeness (QED) is 0.129.